The molecular weight excluding hydrogens is 269 g/mol. The Morgan fingerprint density at radius 1 is 1.00 bits per heavy atom. The number of rotatable bonds is 3. The van der Waals surface area contributed by atoms with Crippen molar-refractivity contribution in [2.75, 3.05) is 4.90 Å². The zero-order chi connectivity index (χ0) is 14.8. The van der Waals surface area contributed by atoms with Crippen LogP contribution in [0.5, 0.6) is 0 Å². The SMILES string of the molecule is O=C1C[C@H](Cc2ccccc2)C(=O)N1c1ccc(F)cc1. The molecular formula is C17H14FNO2. The van der Waals surface area contributed by atoms with Crippen LogP contribution in [0.4, 0.5) is 10.1 Å². The summed E-state index contributed by atoms with van der Waals surface area (Å²) < 4.78 is 12.9. The normalized spacial score (nSPS) is 18.3. The molecule has 1 heterocycles. The first-order valence-electron chi connectivity index (χ1n) is 6.81. The summed E-state index contributed by atoms with van der Waals surface area (Å²) in [4.78, 5) is 25.7. The van der Waals surface area contributed by atoms with E-state index in [9.17, 15) is 14.0 Å². The lowest BCUT2D eigenvalue weighted by Gasteiger charge is -2.15. The van der Waals surface area contributed by atoms with Crippen molar-refractivity contribution in [1.29, 1.82) is 0 Å². The van der Waals surface area contributed by atoms with Gasteiger partial charge in [-0.2, -0.15) is 0 Å². The molecule has 0 saturated carbocycles. The molecule has 0 spiro atoms. The van der Waals surface area contributed by atoms with Gasteiger partial charge in [-0.05, 0) is 36.2 Å². The number of carbonyl (C=O) groups is 2. The summed E-state index contributed by atoms with van der Waals surface area (Å²) in [6, 6.07) is 15.0. The number of hydrogen-bond donors (Lipinski definition) is 0. The molecule has 106 valence electrons. The first-order chi connectivity index (χ1) is 10.1. The van der Waals surface area contributed by atoms with Crippen molar-refractivity contribution in [2.24, 2.45) is 5.92 Å². The minimum absolute atomic E-state index is 0.200. The van der Waals surface area contributed by atoms with Crippen LogP contribution in [0.2, 0.25) is 0 Å². The van der Waals surface area contributed by atoms with Gasteiger partial charge in [0.15, 0.2) is 0 Å². The van der Waals surface area contributed by atoms with E-state index in [0.717, 1.165) is 10.5 Å². The highest BCUT2D eigenvalue weighted by molar-refractivity contribution is 6.20. The van der Waals surface area contributed by atoms with Crippen molar-refractivity contribution in [3.63, 3.8) is 0 Å². The van der Waals surface area contributed by atoms with E-state index in [1.807, 2.05) is 30.3 Å². The van der Waals surface area contributed by atoms with E-state index >= 15 is 0 Å². The molecule has 21 heavy (non-hydrogen) atoms. The average Bonchev–Trinajstić information content (AvgIpc) is 2.76. The Hall–Kier alpha value is -2.49. The highest BCUT2D eigenvalue weighted by Crippen LogP contribution is 2.28. The fourth-order valence-corrected chi connectivity index (χ4v) is 2.61. The monoisotopic (exact) mass is 283 g/mol. The number of amides is 2. The quantitative estimate of drug-likeness (QED) is 0.812. The lowest BCUT2D eigenvalue weighted by atomic mass is 9.98. The molecule has 1 aliphatic heterocycles. The number of halogens is 1. The minimum atomic E-state index is -0.390. The maximum atomic E-state index is 12.9. The van der Waals surface area contributed by atoms with Gasteiger partial charge in [0.05, 0.1) is 11.6 Å². The second-order valence-electron chi connectivity index (χ2n) is 5.13. The van der Waals surface area contributed by atoms with E-state index in [-0.39, 0.29) is 24.2 Å². The van der Waals surface area contributed by atoms with Crippen LogP contribution >= 0.6 is 0 Å². The van der Waals surface area contributed by atoms with Gasteiger partial charge >= 0.3 is 0 Å². The Labute approximate surface area is 122 Å². The van der Waals surface area contributed by atoms with Crippen LogP contribution in [0.15, 0.2) is 54.6 Å². The van der Waals surface area contributed by atoms with Crippen LogP contribution < -0.4 is 4.90 Å². The topological polar surface area (TPSA) is 37.4 Å². The maximum absolute atomic E-state index is 12.9. The van der Waals surface area contributed by atoms with E-state index in [0.29, 0.717) is 12.1 Å². The molecule has 1 saturated heterocycles. The van der Waals surface area contributed by atoms with Gasteiger partial charge in [-0.15, -0.1) is 0 Å². The second kappa shape index (κ2) is 5.48. The first kappa shape index (κ1) is 13.5. The molecule has 1 fully saturated rings. The van der Waals surface area contributed by atoms with Crippen molar-refractivity contribution in [3.8, 4) is 0 Å². The van der Waals surface area contributed by atoms with E-state index in [1.54, 1.807) is 0 Å². The molecule has 0 radical (unpaired) electrons. The molecule has 2 aromatic rings. The predicted octanol–water partition coefficient (Wildman–Crippen LogP) is 2.95. The number of nitrogens with zero attached hydrogens (tertiary/aromatic N) is 1. The van der Waals surface area contributed by atoms with Gasteiger partial charge in [0, 0.05) is 6.42 Å². The largest absolute Gasteiger partial charge is 0.274 e. The zero-order valence-corrected chi connectivity index (χ0v) is 11.3. The van der Waals surface area contributed by atoms with Gasteiger partial charge < -0.3 is 0 Å². The summed E-state index contributed by atoms with van der Waals surface area (Å²) >= 11 is 0. The summed E-state index contributed by atoms with van der Waals surface area (Å²) in [5.74, 6) is -1.17. The van der Waals surface area contributed by atoms with E-state index in [4.69, 9.17) is 0 Å². The highest BCUT2D eigenvalue weighted by Gasteiger charge is 2.39. The Morgan fingerprint density at radius 2 is 1.67 bits per heavy atom. The number of carbonyl (C=O) groups excluding carboxylic acids is 2. The molecule has 0 unspecified atom stereocenters. The third-order valence-corrected chi connectivity index (χ3v) is 3.65. The first-order valence-corrected chi connectivity index (χ1v) is 6.81. The van der Waals surface area contributed by atoms with Crippen molar-refractivity contribution in [1.82, 2.24) is 0 Å². The molecule has 0 N–H and O–H groups in total. The maximum Gasteiger partial charge on any atom is 0.237 e. The lowest BCUT2D eigenvalue weighted by molar-refractivity contribution is -0.122. The Balaban J connectivity index is 1.80. The fraction of sp³-hybridized carbons (Fsp3) is 0.176. The zero-order valence-electron chi connectivity index (χ0n) is 11.3. The molecule has 2 aromatic carbocycles. The third-order valence-electron chi connectivity index (χ3n) is 3.65. The minimum Gasteiger partial charge on any atom is -0.274 e. The van der Waals surface area contributed by atoms with Crippen molar-refractivity contribution < 1.29 is 14.0 Å². The standard InChI is InChI=1S/C17H14FNO2/c18-14-6-8-15(9-7-14)19-16(20)11-13(17(19)21)10-12-4-2-1-3-5-12/h1-9,13H,10-11H2/t13-/m0/s1. The lowest BCUT2D eigenvalue weighted by Crippen LogP contribution is -2.30. The van der Waals surface area contributed by atoms with E-state index in [1.165, 1.54) is 24.3 Å². The van der Waals surface area contributed by atoms with Gasteiger partial charge in [0.25, 0.3) is 0 Å². The molecule has 1 aliphatic rings. The molecule has 2 amide bonds. The van der Waals surface area contributed by atoms with Crippen LogP contribution in [-0.4, -0.2) is 11.8 Å². The molecule has 0 bridgehead atoms. The summed E-state index contributed by atoms with van der Waals surface area (Å²) in [5, 5.41) is 0. The molecule has 3 nitrogen and oxygen atoms in total. The summed E-state index contributed by atoms with van der Waals surface area (Å²) in [5.41, 5.74) is 1.46. The highest BCUT2D eigenvalue weighted by atomic mass is 19.1. The average molecular weight is 283 g/mol. The fourth-order valence-electron chi connectivity index (χ4n) is 2.61. The molecule has 0 aromatic heterocycles. The van der Waals surface area contributed by atoms with Gasteiger partial charge in [-0.3, -0.25) is 14.5 Å². The number of anilines is 1. The van der Waals surface area contributed by atoms with Crippen molar-refractivity contribution >= 4 is 17.5 Å². The summed E-state index contributed by atoms with van der Waals surface area (Å²) in [7, 11) is 0. The Morgan fingerprint density at radius 3 is 2.33 bits per heavy atom. The smallest absolute Gasteiger partial charge is 0.237 e. The van der Waals surface area contributed by atoms with E-state index in [2.05, 4.69) is 0 Å². The second-order valence-corrected chi connectivity index (χ2v) is 5.13. The van der Waals surface area contributed by atoms with Crippen LogP contribution in [0.25, 0.3) is 0 Å². The van der Waals surface area contributed by atoms with Crippen molar-refractivity contribution in [3.05, 3.63) is 66.0 Å². The van der Waals surface area contributed by atoms with Crippen LogP contribution in [-0.2, 0) is 16.0 Å². The van der Waals surface area contributed by atoms with Gasteiger partial charge in [0.2, 0.25) is 11.8 Å². The van der Waals surface area contributed by atoms with Gasteiger partial charge in [-0.25, -0.2) is 4.39 Å². The Bertz CT molecular complexity index is 667. The summed E-state index contributed by atoms with van der Waals surface area (Å²) in [6.07, 6.45) is 0.744. The van der Waals surface area contributed by atoms with Crippen LogP contribution in [0.1, 0.15) is 12.0 Å². The summed E-state index contributed by atoms with van der Waals surface area (Å²) in [6.45, 7) is 0. The number of hydrogen-bond acceptors (Lipinski definition) is 2. The molecule has 0 aliphatic carbocycles. The Kier molecular flexibility index (Phi) is 3.52. The molecule has 4 heteroatoms. The van der Waals surface area contributed by atoms with Gasteiger partial charge in [0.1, 0.15) is 5.82 Å². The van der Waals surface area contributed by atoms with Crippen LogP contribution in [0.3, 0.4) is 0 Å². The third kappa shape index (κ3) is 2.70. The molecule has 1 atom stereocenters. The van der Waals surface area contributed by atoms with Crippen LogP contribution in [0, 0.1) is 11.7 Å². The number of benzene rings is 2. The molecule has 3 rings (SSSR count). The van der Waals surface area contributed by atoms with Gasteiger partial charge in [-0.1, -0.05) is 30.3 Å². The van der Waals surface area contributed by atoms with Crippen molar-refractivity contribution in [2.45, 2.75) is 12.8 Å². The van der Waals surface area contributed by atoms with E-state index < -0.39 is 5.82 Å². The predicted molar refractivity (Wildman–Crippen MR) is 77.1 cm³/mol. The number of imide groups is 1.